The Balaban J connectivity index is 2.08. The molecule has 7 nitrogen and oxygen atoms in total. The minimum atomic E-state index is -0.621. The Morgan fingerprint density at radius 1 is 1.39 bits per heavy atom. The van der Waals surface area contributed by atoms with Crippen LogP contribution in [-0.4, -0.2) is 20.4 Å². The minimum absolute atomic E-state index is 0.176. The topological polar surface area (TPSA) is 96.9 Å². The molecule has 0 aliphatic carbocycles. The molecular weight excluding hydrogens is 236 g/mol. The number of aromatic amines is 1. The van der Waals surface area contributed by atoms with Gasteiger partial charge in [-0.3, -0.25) is 24.1 Å². The third kappa shape index (κ3) is 2.91. The third-order valence-corrected chi connectivity index (χ3v) is 2.16. The van der Waals surface area contributed by atoms with E-state index in [1.807, 2.05) is 0 Å². The molecule has 2 aromatic rings. The number of carbonyl (C=O) groups is 1. The van der Waals surface area contributed by atoms with E-state index in [4.69, 9.17) is 0 Å². The predicted molar refractivity (Wildman–Crippen MR) is 64.2 cm³/mol. The molecule has 0 aliphatic heterocycles. The number of carbonyl (C=O) groups excluding carboxylic acids is 1. The van der Waals surface area contributed by atoms with E-state index in [1.165, 1.54) is 18.5 Å². The average molecular weight is 246 g/mol. The maximum Gasteiger partial charge on any atom is 0.328 e. The molecule has 0 fully saturated rings. The molecule has 0 bridgehead atoms. The Hall–Kier alpha value is -2.70. The molecule has 0 aliphatic rings. The van der Waals surface area contributed by atoms with Gasteiger partial charge in [-0.15, -0.1) is 0 Å². The van der Waals surface area contributed by atoms with Gasteiger partial charge in [0.1, 0.15) is 6.54 Å². The lowest BCUT2D eigenvalue weighted by Crippen LogP contribution is -2.32. The largest absolute Gasteiger partial charge is 0.328 e. The summed E-state index contributed by atoms with van der Waals surface area (Å²) in [6.07, 6.45) is 4.35. The molecule has 0 saturated carbocycles. The SMILES string of the molecule is O=C(Cn1ccc(=O)[nH]c1=O)Nc1cccnc1. The number of amides is 1. The van der Waals surface area contributed by atoms with Crippen LogP contribution in [0, 0.1) is 0 Å². The first-order chi connectivity index (χ1) is 8.65. The quantitative estimate of drug-likeness (QED) is 0.768. The van der Waals surface area contributed by atoms with Crippen LogP contribution in [0.2, 0.25) is 0 Å². The number of H-pyrrole nitrogens is 1. The monoisotopic (exact) mass is 246 g/mol. The number of pyridine rings is 1. The van der Waals surface area contributed by atoms with Gasteiger partial charge in [0.2, 0.25) is 5.91 Å². The molecule has 2 heterocycles. The zero-order valence-corrected chi connectivity index (χ0v) is 9.29. The van der Waals surface area contributed by atoms with Crippen molar-refractivity contribution < 1.29 is 4.79 Å². The molecule has 2 aromatic heterocycles. The summed E-state index contributed by atoms with van der Waals surface area (Å²) in [6.45, 7) is -0.176. The Bertz CT molecular complexity index is 660. The molecule has 0 atom stereocenters. The van der Waals surface area contributed by atoms with E-state index in [-0.39, 0.29) is 12.5 Å². The first-order valence-electron chi connectivity index (χ1n) is 5.15. The highest BCUT2D eigenvalue weighted by Gasteiger charge is 2.05. The summed E-state index contributed by atoms with van der Waals surface area (Å²) in [4.78, 5) is 39.7. The summed E-state index contributed by atoms with van der Waals surface area (Å²) in [5.74, 6) is -0.378. The van der Waals surface area contributed by atoms with Crippen LogP contribution < -0.4 is 16.6 Å². The fourth-order valence-electron chi connectivity index (χ4n) is 1.36. The highest BCUT2D eigenvalue weighted by molar-refractivity contribution is 5.90. The van der Waals surface area contributed by atoms with Crippen LogP contribution in [0.25, 0.3) is 0 Å². The zero-order chi connectivity index (χ0) is 13.0. The van der Waals surface area contributed by atoms with E-state index in [0.717, 1.165) is 4.57 Å². The van der Waals surface area contributed by atoms with Crippen molar-refractivity contribution in [2.24, 2.45) is 0 Å². The van der Waals surface area contributed by atoms with Gasteiger partial charge >= 0.3 is 5.69 Å². The van der Waals surface area contributed by atoms with Crippen LogP contribution in [0.15, 0.2) is 46.4 Å². The normalized spacial score (nSPS) is 10.0. The van der Waals surface area contributed by atoms with E-state index in [0.29, 0.717) is 5.69 Å². The van der Waals surface area contributed by atoms with Gasteiger partial charge in [0.15, 0.2) is 0 Å². The van der Waals surface area contributed by atoms with Gasteiger partial charge < -0.3 is 5.32 Å². The molecule has 0 unspecified atom stereocenters. The fraction of sp³-hybridized carbons (Fsp3) is 0.0909. The van der Waals surface area contributed by atoms with E-state index < -0.39 is 11.2 Å². The maximum atomic E-state index is 11.6. The van der Waals surface area contributed by atoms with Crippen molar-refractivity contribution in [2.75, 3.05) is 5.32 Å². The lowest BCUT2D eigenvalue weighted by atomic mass is 10.4. The summed E-state index contributed by atoms with van der Waals surface area (Å²) >= 11 is 0. The number of hydrogen-bond donors (Lipinski definition) is 2. The van der Waals surface area contributed by atoms with Gasteiger partial charge in [-0.25, -0.2) is 4.79 Å². The van der Waals surface area contributed by atoms with Crippen LogP contribution in [0.5, 0.6) is 0 Å². The van der Waals surface area contributed by atoms with Crippen molar-refractivity contribution in [3.8, 4) is 0 Å². The number of hydrogen-bond acceptors (Lipinski definition) is 4. The Morgan fingerprint density at radius 2 is 2.22 bits per heavy atom. The van der Waals surface area contributed by atoms with E-state index in [2.05, 4.69) is 15.3 Å². The van der Waals surface area contributed by atoms with Crippen molar-refractivity contribution in [1.29, 1.82) is 0 Å². The van der Waals surface area contributed by atoms with Crippen LogP contribution in [0.1, 0.15) is 0 Å². The zero-order valence-electron chi connectivity index (χ0n) is 9.29. The van der Waals surface area contributed by atoms with Crippen LogP contribution in [-0.2, 0) is 11.3 Å². The van der Waals surface area contributed by atoms with Crippen LogP contribution in [0.3, 0.4) is 0 Å². The molecule has 92 valence electrons. The van der Waals surface area contributed by atoms with E-state index in [9.17, 15) is 14.4 Å². The molecule has 7 heteroatoms. The van der Waals surface area contributed by atoms with E-state index >= 15 is 0 Å². The molecule has 18 heavy (non-hydrogen) atoms. The number of nitrogens with zero attached hydrogens (tertiary/aromatic N) is 2. The molecule has 1 amide bonds. The molecule has 0 aromatic carbocycles. The predicted octanol–water partition coefficient (Wildman–Crippen LogP) is -0.430. The molecule has 0 saturated heterocycles. The highest BCUT2D eigenvalue weighted by Crippen LogP contribution is 2.02. The van der Waals surface area contributed by atoms with Gasteiger partial charge in [0, 0.05) is 18.5 Å². The fourth-order valence-corrected chi connectivity index (χ4v) is 1.36. The lowest BCUT2D eigenvalue weighted by Gasteiger charge is -2.05. The van der Waals surface area contributed by atoms with Crippen molar-refractivity contribution >= 4 is 11.6 Å². The molecule has 2 rings (SSSR count). The summed E-state index contributed by atoms with van der Waals surface area (Å²) in [6, 6.07) is 4.54. The smallest absolute Gasteiger partial charge is 0.323 e. The molecule has 0 spiro atoms. The lowest BCUT2D eigenvalue weighted by molar-refractivity contribution is -0.116. The maximum absolute atomic E-state index is 11.6. The van der Waals surface area contributed by atoms with Crippen molar-refractivity contribution in [3.63, 3.8) is 0 Å². The summed E-state index contributed by atoms with van der Waals surface area (Å²) in [5, 5.41) is 2.58. The standard InChI is InChI=1S/C11H10N4O3/c16-9-3-5-15(11(18)14-9)7-10(17)13-8-2-1-4-12-6-8/h1-6H,7H2,(H,13,17)(H,14,16,18). The number of rotatable bonds is 3. The van der Waals surface area contributed by atoms with Gasteiger partial charge in [0.05, 0.1) is 11.9 Å². The van der Waals surface area contributed by atoms with Crippen molar-refractivity contribution in [2.45, 2.75) is 6.54 Å². The average Bonchev–Trinajstić information content (AvgIpc) is 2.34. The second kappa shape index (κ2) is 5.09. The first-order valence-corrected chi connectivity index (χ1v) is 5.15. The van der Waals surface area contributed by atoms with Crippen molar-refractivity contribution in [3.05, 3.63) is 57.6 Å². The highest BCUT2D eigenvalue weighted by atomic mass is 16.2. The number of aromatic nitrogens is 3. The summed E-state index contributed by atoms with van der Waals surface area (Å²) < 4.78 is 1.10. The second-order valence-corrected chi connectivity index (χ2v) is 3.53. The Labute approximate surface area is 101 Å². The summed E-state index contributed by atoms with van der Waals surface area (Å²) in [5.41, 5.74) is -0.576. The van der Waals surface area contributed by atoms with Crippen LogP contribution in [0.4, 0.5) is 5.69 Å². The molecule has 2 N–H and O–H groups in total. The van der Waals surface area contributed by atoms with Gasteiger partial charge in [-0.1, -0.05) is 0 Å². The van der Waals surface area contributed by atoms with Crippen molar-refractivity contribution in [1.82, 2.24) is 14.5 Å². The Morgan fingerprint density at radius 3 is 2.89 bits per heavy atom. The number of nitrogens with one attached hydrogen (secondary N) is 2. The van der Waals surface area contributed by atoms with Gasteiger partial charge in [0.25, 0.3) is 5.56 Å². The third-order valence-electron chi connectivity index (χ3n) is 2.16. The van der Waals surface area contributed by atoms with E-state index in [1.54, 1.807) is 18.3 Å². The van der Waals surface area contributed by atoms with Gasteiger partial charge in [-0.05, 0) is 12.1 Å². The molecular formula is C11H10N4O3. The van der Waals surface area contributed by atoms with Crippen LogP contribution >= 0.6 is 0 Å². The second-order valence-electron chi connectivity index (χ2n) is 3.53. The summed E-state index contributed by atoms with van der Waals surface area (Å²) in [7, 11) is 0. The Kier molecular flexibility index (Phi) is 3.33. The minimum Gasteiger partial charge on any atom is -0.323 e. The van der Waals surface area contributed by atoms with Gasteiger partial charge in [-0.2, -0.15) is 0 Å². The first kappa shape index (κ1) is 11.8. The number of anilines is 1. The molecule has 0 radical (unpaired) electrons.